The van der Waals surface area contributed by atoms with Crippen molar-refractivity contribution >= 4 is 11.6 Å². The number of rotatable bonds is 4. The first-order valence-electron chi connectivity index (χ1n) is 5.56. The molecule has 0 spiro atoms. The molecular weight excluding hydrogens is 214 g/mol. The van der Waals surface area contributed by atoms with Crippen LogP contribution in [0, 0.1) is 17.2 Å². The number of amides is 1. The van der Waals surface area contributed by atoms with Crippen molar-refractivity contribution in [1.82, 2.24) is 5.32 Å². The van der Waals surface area contributed by atoms with Crippen molar-refractivity contribution in [3.05, 3.63) is 29.8 Å². The van der Waals surface area contributed by atoms with E-state index in [0.717, 1.165) is 5.69 Å². The van der Waals surface area contributed by atoms with E-state index < -0.39 is 0 Å². The second kappa shape index (κ2) is 5.90. The predicted molar refractivity (Wildman–Crippen MR) is 67.5 cm³/mol. The molecule has 2 N–H and O–H groups in total. The van der Waals surface area contributed by atoms with Gasteiger partial charge in [-0.25, -0.2) is 0 Å². The molecule has 17 heavy (non-hydrogen) atoms. The van der Waals surface area contributed by atoms with Gasteiger partial charge in [0.05, 0.1) is 11.6 Å². The standard InChI is InChI=1S/C13H17N3O/c1-9(2)12(13(17)15-3)16-11-6-4-10(8-14)5-7-11/h4-7,9,12,16H,1-3H3,(H,15,17). The third-order valence-electron chi connectivity index (χ3n) is 2.53. The van der Waals surface area contributed by atoms with Gasteiger partial charge < -0.3 is 10.6 Å². The molecule has 1 unspecified atom stereocenters. The third-order valence-corrected chi connectivity index (χ3v) is 2.53. The summed E-state index contributed by atoms with van der Waals surface area (Å²) in [5.74, 6) is 0.148. The van der Waals surface area contributed by atoms with Crippen LogP contribution in [-0.2, 0) is 4.79 Å². The van der Waals surface area contributed by atoms with E-state index in [1.54, 1.807) is 31.3 Å². The lowest BCUT2D eigenvalue weighted by Crippen LogP contribution is -2.41. The Morgan fingerprint density at radius 1 is 1.29 bits per heavy atom. The lowest BCUT2D eigenvalue weighted by molar-refractivity contribution is -0.122. The third kappa shape index (κ3) is 3.49. The molecule has 0 aromatic heterocycles. The number of nitriles is 1. The summed E-state index contributed by atoms with van der Waals surface area (Å²) < 4.78 is 0. The van der Waals surface area contributed by atoms with Crippen LogP contribution in [0.4, 0.5) is 5.69 Å². The highest BCUT2D eigenvalue weighted by Gasteiger charge is 2.20. The highest BCUT2D eigenvalue weighted by Crippen LogP contribution is 2.14. The first kappa shape index (κ1) is 13.0. The number of hydrogen-bond donors (Lipinski definition) is 2. The van der Waals surface area contributed by atoms with Crippen LogP contribution in [0.1, 0.15) is 19.4 Å². The van der Waals surface area contributed by atoms with E-state index in [2.05, 4.69) is 16.7 Å². The van der Waals surface area contributed by atoms with Gasteiger partial charge in [-0.3, -0.25) is 4.79 Å². The number of carbonyl (C=O) groups is 1. The minimum Gasteiger partial charge on any atom is -0.373 e. The topological polar surface area (TPSA) is 64.9 Å². The fraction of sp³-hybridized carbons (Fsp3) is 0.385. The van der Waals surface area contributed by atoms with Crippen molar-refractivity contribution in [3.8, 4) is 6.07 Å². The SMILES string of the molecule is CNC(=O)C(Nc1ccc(C#N)cc1)C(C)C. The Hall–Kier alpha value is -2.02. The zero-order chi connectivity index (χ0) is 12.8. The fourth-order valence-electron chi connectivity index (χ4n) is 1.51. The van der Waals surface area contributed by atoms with Gasteiger partial charge in [0.15, 0.2) is 0 Å². The van der Waals surface area contributed by atoms with Crippen LogP contribution in [0.3, 0.4) is 0 Å². The first-order chi connectivity index (χ1) is 8.08. The van der Waals surface area contributed by atoms with Gasteiger partial charge in [0.1, 0.15) is 6.04 Å². The number of carbonyl (C=O) groups excluding carboxylic acids is 1. The van der Waals surface area contributed by atoms with Crippen LogP contribution in [0.2, 0.25) is 0 Å². The van der Waals surface area contributed by atoms with Crippen molar-refractivity contribution in [2.45, 2.75) is 19.9 Å². The largest absolute Gasteiger partial charge is 0.373 e. The highest BCUT2D eigenvalue weighted by atomic mass is 16.2. The number of benzene rings is 1. The van der Waals surface area contributed by atoms with Crippen molar-refractivity contribution < 1.29 is 4.79 Å². The van der Waals surface area contributed by atoms with Gasteiger partial charge in [0.2, 0.25) is 5.91 Å². The van der Waals surface area contributed by atoms with Gasteiger partial charge in [0, 0.05) is 12.7 Å². The van der Waals surface area contributed by atoms with Crippen LogP contribution in [-0.4, -0.2) is 19.0 Å². The molecule has 0 radical (unpaired) electrons. The molecule has 4 heteroatoms. The van der Waals surface area contributed by atoms with Gasteiger partial charge in [-0.05, 0) is 30.2 Å². The smallest absolute Gasteiger partial charge is 0.242 e. The minimum absolute atomic E-state index is 0.0376. The van der Waals surface area contributed by atoms with E-state index in [0.29, 0.717) is 5.56 Å². The predicted octanol–water partition coefficient (Wildman–Crippen LogP) is 1.74. The maximum absolute atomic E-state index is 11.7. The molecule has 0 aliphatic rings. The Bertz CT molecular complexity index is 417. The Kier molecular flexibility index (Phi) is 4.53. The van der Waals surface area contributed by atoms with E-state index in [4.69, 9.17) is 5.26 Å². The monoisotopic (exact) mass is 231 g/mol. The molecule has 1 aromatic rings. The quantitative estimate of drug-likeness (QED) is 0.829. The first-order valence-corrected chi connectivity index (χ1v) is 5.56. The Labute approximate surface area is 102 Å². The van der Waals surface area contributed by atoms with Gasteiger partial charge in [-0.2, -0.15) is 5.26 Å². The Morgan fingerprint density at radius 2 is 1.88 bits per heavy atom. The summed E-state index contributed by atoms with van der Waals surface area (Å²) in [6, 6.07) is 8.84. The van der Waals surface area contributed by atoms with Crippen LogP contribution in [0.25, 0.3) is 0 Å². The molecular formula is C13H17N3O. The number of nitrogens with one attached hydrogen (secondary N) is 2. The Balaban J connectivity index is 2.79. The number of hydrogen-bond acceptors (Lipinski definition) is 3. The average molecular weight is 231 g/mol. The molecule has 1 amide bonds. The van der Waals surface area contributed by atoms with Crippen LogP contribution in [0.15, 0.2) is 24.3 Å². The summed E-state index contributed by atoms with van der Waals surface area (Å²) in [6.45, 7) is 3.97. The van der Waals surface area contributed by atoms with E-state index in [9.17, 15) is 4.79 Å². The zero-order valence-corrected chi connectivity index (χ0v) is 10.3. The molecule has 0 saturated carbocycles. The van der Waals surface area contributed by atoms with Crippen molar-refractivity contribution in [2.24, 2.45) is 5.92 Å². The average Bonchev–Trinajstić information content (AvgIpc) is 2.35. The van der Waals surface area contributed by atoms with E-state index in [-0.39, 0.29) is 17.9 Å². The number of nitrogens with zero attached hydrogens (tertiary/aromatic N) is 1. The molecule has 0 aliphatic carbocycles. The van der Waals surface area contributed by atoms with Crippen LogP contribution >= 0.6 is 0 Å². The minimum atomic E-state index is -0.270. The summed E-state index contributed by atoms with van der Waals surface area (Å²) in [7, 11) is 1.62. The summed E-state index contributed by atoms with van der Waals surface area (Å²) in [6.07, 6.45) is 0. The molecule has 1 rings (SSSR count). The lowest BCUT2D eigenvalue weighted by Gasteiger charge is -2.21. The van der Waals surface area contributed by atoms with Gasteiger partial charge in [0.25, 0.3) is 0 Å². The molecule has 1 aromatic carbocycles. The van der Waals surface area contributed by atoms with E-state index in [1.165, 1.54) is 0 Å². The summed E-state index contributed by atoms with van der Waals surface area (Å²) in [4.78, 5) is 11.7. The normalized spacial score (nSPS) is 11.7. The van der Waals surface area contributed by atoms with E-state index >= 15 is 0 Å². The molecule has 4 nitrogen and oxygen atoms in total. The molecule has 0 fully saturated rings. The van der Waals surface area contributed by atoms with Gasteiger partial charge in [-0.15, -0.1) is 0 Å². The van der Waals surface area contributed by atoms with Crippen molar-refractivity contribution in [1.29, 1.82) is 5.26 Å². The second-order valence-electron chi connectivity index (χ2n) is 4.17. The molecule has 0 heterocycles. The van der Waals surface area contributed by atoms with E-state index in [1.807, 2.05) is 13.8 Å². The summed E-state index contributed by atoms with van der Waals surface area (Å²) in [5.41, 5.74) is 1.45. The second-order valence-corrected chi connectivity index (χ2v) is 4.17. The van der Waals surface area contributed by atoms with Gasteiger partial charge in [-0.1, -0.05) is 13.8 Å². The summed E-state index contributed by atoms with van der Waals surface area (Å²) in [5, 5.41) is 14.5. The molecule has 1 atom stereocenters. The van der Waals surface area contributed by atoms with Crippen LogP contribution < -0.4 is 10.6 Å². The maximum Gasteiger partial charge on any atom is 0.242 e. The molecule has 0 bridgehead atoms. The number of likely N-dealkylation sites (N-methyl/N-ethyl adjacent to an activating group) is 1. The van der Waals surface area contributed by atoms with Crippen molar-refractivity contribution in [2.75, 3.05) is 12.4 Å². The number of anilines is 1. The molecule has 0 aliphatic heterocycles. The Morgan fingerprint density at radius 3 is 2.29 bits per heavy atom. The van der Waals surface area contributed by atoms with Gasteiger partial charge >= 0.3 is 0 Å². The zero-order valence-electron chi connectivity index (χ0n) is 10.3. The van der Waals surface area contributed by atoms with Crippen LogP contribution in [0.5, 0.6) is 0 Å². The fourth-order valence-corrected chi connectivity index (χ4v) is 1.51. The molecule has 90 valence electrons. The maximum atomic E-state index is 11.7. The lowest BCUT2D eigenvalue weighted by atomic mass is 10.0. The summed E-state index contributed by atoms with van der Waals surface area (Å²) >= 11 is 0. The highest BCUT2D eigenvalue weighted by molar-refractivity contribution is 5.84. The van der Waals surface area contributed by atoms with Crippen molar-refractivity contribution in [3.63, 3.8) is 0 Å². The molecule has 0 saturated heterocycles.